The number of nitrogens with one attached hydrogen (secondary N) is 1. The average molecular weight is 328 g/mol. The number of anilines is 1. The van der Waals surface area contributed by atoms with E-state index in [1.165, 1.54) is 0 Å². The van der Waals surface area contributed by atoms with E-state index in [0.717, 1.165) is 36.7 Å². The minimum Gasteiger partial charge on any atom is -0.349 e. The van der Waals surface area contributed by atoms with E-state index in [0.29, 0.717) is 5.56 Å². The molecule has 0 radical (unpaired) electrons. The van der Waals surface area contributed by atoms with Crippen LogP contribution in [0.2, 0.25) is 0 Å². The van der Waals surface area contributed by atoms with Gasteiger partial charge in [-0.05, 0) is 25.0 Å². The second kappa shape index (κ2) is 5.96. The Labute approximate surface area is 137 Å². The van der Waals surface area contributed by atoms with Crippen LogP contribution in [0.1, 0.15) is 23.2 Å². The lowest BCUT2D eigenvalue weighted by molar-refractivity contribution is 0.0930. The van der Waals surface area contributed by atoms with Gasteiger partial charge in [0.15, 0.2) is 0 Å². The van der Waals surface area contributed by atoms with Crippen molar-refractivity contribution in [3.8, 4) is 0 Å². The summed E-state index contributed by atoms with van der Waals surface area (Å²) in [6.45, 7) is 1.78. The van der Waals surface area contributed by atoms with E-state index in [4.69, 9.17) is 0 Å². The molecule has 3 aromatic heterocycles. The fourth-order valence-electron chi connectivity index (χ4n) is 2.84. The molecule has 4 heterocycles. The van der Waals surface area contributed by atoms with Gasteiger partial charge in [0, 0.05) is 37.7 Å². The van der Waals surface area contributed by atoms with Gasteiger partial charge in [0.05, 0.1) is 5.56 Å². The number of piperidine rings is 1. The van der Waals surface area contributed by atoms with Crippen LogP contribution in [0.25, 0.3) is 5.65 Å². The zero-order chi connectivity index (χ0) is 15.6. The number of carbonyl (C=O) groups is 1. The third-order valence-corrected chi connectivity index (χ3v) is 4.85. The smallest absolute Gasteiger partial charge is 0.252 e. The predicted molar refractivity (Wildman–Crippen MR) is 87.8 cm³/mol. The molecule has 1 aliphatic rings. The van der Waals surface area contributed by atoms with Crippen molar-refractivity contribution >= 4 is 28.0 Å². The first-order valence-electron chi connectivity index (χ1n) is 7.54. The Morgan fingerprint density at radius 3 is 2.96 bits per heavy atom. The van der Waals surface area contributed by atoms with Gasteiger partial charge in [-0.15, -0.1) is 10.2 Å². The van der Waals surface area contributed by atoms with Gasteiger partial charge in [-0.1, -0.05) is 11.3 Å². The van der Waals surface area contributed by atoms with Crippen LogP contribution in [0.4, 0.5) is 5.13 Å². The quantitative estimate of drug-likeness (QED) is 0.790. The first-order valence-corrected chi connectivity index (χ1v) is 8.42. The van der Waals surface area contributed by atoms with Gasteiger partial charge in [-0.3, -0.25) is 4.79 Å². The number of hydrogen-bond donors (Lipinski definition) is 1. The van der Waals surface area contributed by atoms with E-state index in [9.17, 15) is 4.79 Å². The molecule has 0 unspecified atom stereocenters. The Morgan fingerprint density at radius 1 is 1.30 bits per heavy atom. The number of fused-ring (bicyclic) bond motifs is 1. The van der Waals surface area contributed by atoms with Crippen molar-refractivity contribution in [2.45, 2.75) is 18.9 Å². The van der Waals surface area contributed by atoms with Crippen molar-refractivity contribution in [3.05, 3.63) is 41.8 Å². The van der Waals surface area contributed by atoms with Crippen LogP contribution in [0.3, 0.4) is 0 Å². The number of rotatable bonds is 3. The Bertz CT molecular complexity index is 806. The van der Waals surface area contributed by atoms with Crippen LogP contribution in [0.5, 0.6) is 0 Å². The van der Waals surface area contributed by atoms with Crippen LogP contribution in [0, 0.1) is 0 Å². The molecule has 23 heavy (non-hydrogen) atoms. The monoisotopic (exact) mass is 328 g/mol. The maximum Gasteiger partial charge on any atom is 0.252 e. The summed E-state index contributed by atoms with van der Waals surface area (Å²) < 4.78 is 1.85. The predicted octanol–water partition coefficient (Wildman–Crippen LogP) is 1.58. The number of hydrogen-bond acceptors (Lipinski definition) is 6. The maximum atomic E-state index is 12.4. The summed E-state index contributed by atoms with van der Waals surface area (Å²) in [7, 11) is 0. The third kappa shape index (κ3) is 2.89. The molecule has 118 valence electrons. The number of aromatic nitrogens is 4. The molecular weight excluding hydrogens is 312 g/mol. The molecule has 0 spiro atoms. The minimum atomic E-state index is -0.0324. The number of carbonyl (C=O) groups excluding carboxylic acids is 1. The molecule has 1 saturated heterocycles. The lowest BCUT2D eigenvalue weighted by Crippen LogP contribution is -2.44. The van der Waals surface area contributed by atoms with Crippen LogP contribution in [-0.2, 0) is 0 Å². The first-order chi connectivity index (χ1) is 11.3. The summed E-state index contributed by atoms with van der Waals surface area (Å²) in [6, 6.07) is 3.87. The fraction of sp³-hybridized carbons (Fsp3) is 0.333. The largest absolute Gasteiger partial charge is 0.349 e. The summed E-state index contributed by atoms with van der Waals surface area (Å²) >= 11 is 1.55. The van der Waals surface area contributed by atoms with E-state index in [1.54, 1.807) is 23.0 Å². The van der Waals surface area contributed by atoms with Gasteiger partial charge >= 0.3 is 0 Å². The Hall–Kier alpha value is -2.48. The van der Waals surface area contributed by atoms with E-state index in [-0.39, 0.29) is 11.9 Å². The molecule has 0 aliphatic carbocycles. The fourth-order valence-corrected chi connectivity index (χ4v) is 3.46. The molecule has 0 bridgehead atoms. The highest BCUT2D eigenvalue weighted by Crippen LogP contribution is 2.21. The maximum absolute atomic E-state index is 12.4. The number of nitrogens with zero attached hydrogens (tertiary/aromatic N) is 5. The first kappa shape index (κ1) is 14.1. The number of amides is 1. The standard InChI is InChI=1S/C15H16N6OS/c22-14(11-1-2-13-16-5-8-21(13)9-11)18-12-3-6-20(7-4-12)15-19-17-10-23-15/h1-2,5,8-10,12H,3-4,6-7H2,(H,18,22). The summed E-state index contributed by atoms with van der Waals surface area (Å²) in [5.74, 6) is -0.0324. The third-order valence-electron chi connectivity index (χ3n) is 4.10. The Morgan fingerprint density at radius 2 is 2.17 bits per heavy atom. The Kier molecular flexibility index (Phi) is 3.66. The molecule has 1 aliphatic heterocycles. The SMILES string of the molecule is O=C(NC1CCN(c2nncs2)CC1)c1ccc2nccn2c1. The number of pyridine rings is 1. The summed E-state index contributed by atoms with van der Waals surface area (Å²) in [6.07, 6.45) is 7.21. The van der Waals surface area contributed by atoms with Crippen LogP contribution >= 0.6 is 11.3 Å². The molecule has 8 heteroatoms. The van der Waals surface area contributed by atoms with E-state index >= 15 is 0 Å². The van der Waals surface area contributed by atoms with E-state index < -0.39 is 0 Å². The lowest BCUT2D eigenvalue weighted by atomic mass is 10.1. The second-order valence-electron chi connectivity index (χ2n) is 5.57. The topological polar surface area (TPSA) is 75.4 Å². The summed E-state index contributed by atoms with van der Waals surface area (Å²) in [4.78, 5) is 18.8. The van der Waals surface area contributed by atoms with Crippen molar-refractivity contribution in [2.75, 3.05) is 18.0 Å². The molecule has 4 rings (SSSR count). The van der Waals surface area contributed by atoms with Crippen molar-refractivity contribution < 1.29 is 4.79 Å². The molecule has 1 N–H and O–H groups in total. The zero-order valence-corrected chi connectivity index (χ0v) is 13.2. The molecule has 0 saturated carbocycles. The van der Waals surface area contributed by atoms with Crippen molar-refractivity contribution in [1.82, 2.24) is 24.9 Å². The van der Waals surface area contributed by atoms with Gasteiger partial charge in [0.1, 0.15) is 11.2 Å². The molecule has 0 atom stereocenters. The summed E-state index contributed by atoms with van der Waals surface area (Å²) in [5, 5.41) is 12.1. The number of imidazole rings is 1. The Balaban J connectivity index is 1.37. The van der Waals surface area contributed by atoms with Gasteiger partial charge in [0.2, 0.25) is 5.13 Å². The normalized spacial score (nSPS) is 15.9. The van der Waals surface area contributed by atoms with Gasteiger partial charge < -0.3 is 14.6 Å². The molecule has 0 aromatic carbocycles. The molecule has 3 aromatic rings. The lowest BCUT2D eigenvalue weighted by Gasteiger charge is -2.31. The van der Waals surface area contributed by atoms with E-state index in [2.05, 4.69) is 25.4 Å². The summed E-state index contributed by atoms with van der Waals surface area (Å²) in [5.41, 5.74) is 3.24. The van der Waals surface area contributed by atoms with Gasteiger partial charge in [-0.25, -0.2) is 4.98 Å². The molecule has 1 amide bonds. The second-order valence-corrected chi connectivity index (χ2v) is 6.38. The highest BCUT2D eigenvalue weighted by atomic mass is 32.1. The van der Waals surface area contributed by atoms with Gasteiger partial charge in [0.25, 0.3) is 5.91 Å². The highest BCUT2D eigenvalue weighted by molar-refractivity contribution is 7.13. The van der Waals surface area contributed by atoms with Crippen LogP contribution in [-0.4, -0.2) is 44.6 Å². The van der Waals surface area contributed by atoms with Gasteiger partial charge in [-0.2, -0.15) is 0 Å². The van der Waals surface area contributed by atoms with Crippen molar-refractivity contribution in [1.29, 1.82) is 0 Å². The van der Waals surface area contributed by atoms with Crippen LogP contribution in [0.15, 0.2) is 36.2 Å². The highest BCUT2D eigenvalue weighted by Gasteiger charge is 2.22. The van der Waals surface area contributed by atoms with E-state index in [1.807, 2.05) is 28.9 Å². The van der Waals surface area contributed by atoms with Crippen LogP contribution < -0.4 is 10.2 Å². The zero-order valence-electron chi connectivity index (χ0n) is 12.4. The average Bonchev–Trinajstić information content (AvgIpc) is 3.26. The van der Waals surface area contributed by atoms with Crippen molar-refractivity contribution in [2.24, 2.45) is 0 Å². The molecular formula is C15H16N6OS. The van der Waals surface area contributed by atoms with Crippen molar-refractivity contribution in [3.63, 3.8) is 0 Å². The molecule has 1 fully saturated rings. The molecule has 7 nitrogen and oxygen atoms in total. The minimum absolute atomic E-state index is 0.0324.